The van der Waals surface area contributed by atoms with E-state index in [0.717, 1.165) is 0 Å². The van der Waals surface area contributed by atoms with Gasteiger partial charge in [0.05, 0.1) is 23.5 Å². The summed E-state index contributed by atoms with van der Waals surface area (Å²) in [6, 6.07) is 4.11. The second kappa shape index (κ2) is 6.90. The molecular weight excluding hydrogens is 334 g/mol. The van der Waals surface area contributed by atoms with Crippen LogP contribution in [0.5, 0.6) is 0 Å². The number of esters is 1. The molecule has 0 amide bonds. The molecular formula is C16H21NO6S. The molecule has 1 saturated heterocycles. The first kappa shape index (κ1) is 18.4. The Morgan fingerprint density at radius 3 is 2.54 bits per heavy atom. The number of aliphatic carboxylic acids is 1. The van der Waals surface area contributed by atoms with Crippen molar-refractivity contribution in [2.45, 2.75) is 37.6 Å². The Bertz CT molecular complexity index is 758. The zero-order valence-corrected chi connectivity index (χ0v) is 14.7. The molecule has 1 N–H and O–H groups in total. The molecule has 1 fully saturated rings. The van der Waals surface area contributed by atoms with Gasteiger partial charge in [-0.3, -0.25) is 4.79 Å². The summed E-state index contributed by atoms with van der Waals surface area (Å²) >= 11 is 0. The van der Waals surface area contributed by atoms with Gasteiger partial charge in [0.15, 0.2) is 0 Å². The first-order chi connectivity index (χ1) is 11.2. The number of carboxylic acids is 1. The largest absolute Gasteiger partial charge is 0.481 e. The van der Waals surface area contributed by atoms with Crippen molar-refractivity contribution in [3.8, 4) is 0 Å². The van der Waals surface area contributed by atoms with Crippen molar-refractivity contribution < 1.29 is 27.9 Å². The van der Waals surface area contributed by atoms with Crippen molar-refractivity contribution in [1.29, 1.82) is 0 Å². The van der Waals surface area contributed by atoms with Gasteiger partial charge in [-0.15, -0.1) is 0 Å². The molecule has 0 spiro atoms. The average Bonchev–Trinajstić information content (AvgIpc) is 2.54. The van der Waals surface area contributed by atoms with Crippen LogP contribution in [-0.4, -0.2) is 49.5 Å². The minimum absolute atomic E-state index is 0.00305. The first-order valence-electron chi connectivity index (χ1n) is 7.62. The number of carbonyl (C=O) groups is 2. The lowest BCUT2D eigenvalue weighted by Gasteiger charge is -2.35. The summed E-state index contributed by atoms with van der Waals surface area (Å²) in [6.07, 6.45) is 0.926. The third-order valence-corrected chi connectivity index (χ3v) is 6.57. The SMILES string of the molecule is COC(=O)c1cccc(S(=O)(=O)N2CC(C(=O)O)CCC2C)c1C. The van der Waals surface area contributed by atoms with E-state index in [1.807, 2.05) is 0 Å². The van der Waals surface area contributed by atoms with Crippen LogP contribution in [0.15, 0.2) is 23.1 Å². The van der Waals surface area contributed by atoms with E-state index in [9.17, 15) is 23.1 Å². The lowest BCUT2D eigenvalue weighted by Crippen LogP contribution is -2.47. The molecule has 8 heteroatoms. The molecule has 2 atom stereocenters. The summed E-state index contributed by atoms with van der Waals surface area (Å²) in [5.41, 5.74) is 0.479. The number of hydrogen-bond donors (Lipinski definition) is 1. The van der Waals surface area contributed by atoms with Crippen LogP contribution < -0.4 is 0 Å². The van der Waals surface area contributed by atoms with E-state index in [0.29, 0.717) is 18.4 Å². The van der Waals surface area contributed by atoms with Crippen LogP contribution in [0.1, 0.15) is 35.7 Å². The highest BCUT2D eigenvalue weighted by atomic mass is 32.2. The molecule has 0 saturated carbocycles. The molecule has 0 aromatic heterocycles. The van der Waals surface area contributed by atoms with Gasteiger partial charge >= 0.3 is 11.9 Å². The van der Waals surface area contributed by atoms with E-state index in [1.54, 1.807) is 13.8 Å². The molecule has 7 nitrogen and oxygen atoms in total. The minimum atomic E-state index is -3.91. The van der Waals surface area contributed by atoms with Gasteiger partial charge in [-0.25, -0.2) is 13.2 Å². The van der Waals surface area contributed by atoms with E-state index in [-0.39, 0.29) is 23.0 Å². The van der Waals surface area contributed by atoms with E-state index < -0.39 is 27.9 Å². The van der Waals surface area contributed by atoms with Gasteiger partial charge in [-0.1, -0.05) is 6.07 Å². The molecule has 2 rings (SSSR count). The average molecular weight is 355 g/mol. The number of ether oxygens (including phenoxy) is 1. The van der Waals surface area contributed by atoms with Crippen LogP contribution in [0.2, 0.25) is 0 Å². The number of hydrogen-bond acceptors (Lipinski definition) is 5. The predicted molar refractivity (Wildman–Crippen MR) is 86.2 cm³/mol. The lowest BCUT2D eigenvalue weighted by molar-refractivity contribution is -0.143. The maximum Gasteiger partial charge on any atom is 0.338 e. The Morgan fingerprint density at radius 2 is 1.96 bits per heavy atom. The number of nitrogens with zero attached hydrogens (tertiary/aromatic N) is 1. The Hall–Kier alpha value is -1.93. The van der Waals surface area contributed by atoms with Crippen LogP contribution in [0.4, 0.5) is 0 Å². The fraction of sp³-hybridized carbons (Fsp3) is 0.500. The van der Waals surface area contributed by atoms with Crippen LogP contribution in [-0.2, 0) is 19.6 Å². The second-order valence-corrected chi connectivity index (χ2v) is 7.82. The van der Waals surface area contributed by atoms with E-state index in [2.05, 4.69) is 4.74 Å². The molecule has 1 aromatic carbocycles. The van der Waals surface area contributed by atoms with Crippen molar-refractivity contribution in [2.24, 2.45) is 5.92 Å². The van der Waals surface area contributed by atoms with Crippen molar-refractivity contribution in [3.05, 3.63) is 29.3 Å². The maximum atomic E-state index is 13.0. The monoisotopic (exact) mass is 355 g/mol. The minimum Gasteiger partial charge on any atom is -0.481 e. The molecule has 24 heavy (non-hydrogen) atoms. The van der Waals surface area contributed by atoms with Gasteiger partial charge in [0.2, 0.25) is 10.0 Å². The molecule has 0 aliphatic carbocycles. The van der Waals surface area contributed by atoms with Gasteiger partial charge in [-0.2, -0.15) is 4.31 Å². The van der Waals surface area contributed by atoms with E-state index in [1.165, 1.54) is 29.6 Å². The fourth-order valence-corrected chi connectivity index (χ4v) is 4.92. The van der Waals surface area contributed by atoms with Crippen LogP contribution >= 0.6 is 0 Å². The maximum absolute atomic E-state index is 13.0. The Morgan fingerprint density at radius 1 is 1.29 bits per heavy atom. The molecule has 2 unspecified atom stereocenters. The quantitative estimate of drug-likeness (QED) is 0.824. The molecule has 1 aromatic rings. The molecule has 1 aliphatic heterocycles. The number of carboxylic acid groups (broad SMARTS) is 1. The van der Waals surface area contributed by atoms with Crippen molar-refractivity contribution >= 4 is 22.0 Å². The topological polar surface area (TPSA) is 101 Å². The van der Waals surface area contributed by atoms with Gasteiger partial charge in [-0.05, 0) is 44.4 Å². The third kappa shape index (κ3) is 3.29. The predicted octanol–water partition coefficient (Wildman–Crippen LogP) is 1.66. The van der Waals surface area contributed by atoms with Crippen LogP contribution in [0, 0.1) is 12.8 Å². The Balaban J connectivity index is 2.46. The highest BCUT2D eigenvalue weighted by molar-refractivity contribution is 7.89. The molecule has 132 valence electrons. The Labute approximate surface area is 141 Å². The smallest absolute Gasteiger partial charge is 0.338 e. The summed E-state index contributed by atoms with van der Waals surface area (Å²) in [6.45, 7) is 3.23. The number of rotatable bonds is 4. The van der Waals surface area contributed by atoms with E-state index >= 15 is 0 Å². The van der Waals surface area contributed by atoms with Crippen molar-refractivity contribution in [2.75, 3.05) is 13.7 Å². The van der Waals surface area contributed by atoms with Crippen molar-refractivity contribution in [3.63, 3.8) is 0 Å². The zero-order chi connectivity index (χ0) is 18.1. The molecule has 0 radical (unpaired) electrons. The second-order valence-electron chi connectivity index (χ2n) is 5.96. The Kier molecular flexibility index (Phi) is 5.29. The summed E-state index contributed by atoms with van der Waals surface area (Å²) in [4.78, 5) is 23.0. The molecule has 1 heterocycles. The lowest BCUT2D eigenvalue weighted by atomic mass is 9.96. The first-order valence-corrected chi connectivity index (χ1v) is 9.06. The summed E-state index contributed by atoms with van der Waals surface area (Å²) in [5, 5.41) is 9.20. The number of benzene rings is 1. The zero-order valence-electron chi connectivity index (χ0n) is 13.9. The third-order valence-electron chi connectivity index (χ3n) is 4.45. The summed E-state index contributed by atoms with van der Waals surface area (Å²) < 4.78 is 32.0. The number of methoxy groups -OCH3 is 1. The highest BCUT2D eigenvalue weighted by Gasteiger charge is 2.38. The number of piperidine rings is 1. The van der Waals surface area contributed by atoms with Gasteiger partial charge in [0.1, 0.15) is 0 Å². The van der Waals surface area contributed by atoms with Crippen LogP contribution in [0.3, 0.4) is 0 Å². The van der Waals surface area contributed by atoms with E-state index in [4.69, 9.17) is 0 Å². The van der Waals surface area contributed by atoms with Gasteiger partial charge < -0.3 is 9.84 Å². The highest BCUT2D eigenvalue weighted by Crippen LogP contribution is 2.30. The standard InChI is InChI=1S/C16H21NO6S/c1-10-7-8-12(15(18)19)9-17(10)24(21,22)14-6-4-5-13(11(14)2)16(20)23-3/h4-6,10,12H,7-9H2,1-3H3,(H,18,19). The normalized spacial score (nSPS) is 22.1. The molecule has 1 aliphatic rings. The summed E-state index contributed by atoms with van der Waals surface area (Å²) in [7, 11) is -2.68. The van der Waals surface area contributed by atoms with Gasteiger partial charge in [0.25, 0.3) is 0 Å². The summed E-state index contributed by atoms with van der Waals surface area (Å²) in [5.74, 6) is -2.33. The van der Waals surface area contributed by atoms with Gasteiger partial charge in [0, 0.05) is 12.6 Å². The fourth-order valence-electron chi connectivity index (χ4n) is 2.96. The number of carbonyl (C=O) groups excluding carboxylic acids is 1. The van der Waals surface area contributed by atoms with Crippen molar-refractivity contribution in [1.82, 2.24) is 4.31 Å². The number of sulfonamides is 1. The van der Waals surface area contributed by atoms with Crippen LogP contribution in [0.25, 0.3) is 0 Å². The molecule has 0 bridgehead atoms.